The number of hydrogen-bond donors (Lipinski definition) is 2. The van der Waals surface area contributed by atoms with Gasteiger partial charge in [0.15, 0.2) is 5.16 Å². The third-order valence-corrected chi connectivity index (χ3v) is 5.63. The number of aryl methyl sites for hydroxylation is 1. The van der Waals surface area contributed by atoms with Crippen LogP contribution >= 0.6 is 11.8 Å². The lowest BCUT2D eigenvalue weighted by Gasteiger charge is -2.35. The Labute approximate surface area is 131 Å². The van der Waals surface area contributed by atoms with Gasteiger partial charge < -0.3 is 10.3 Å². The Morgan fingerprint density at radius 1 is 1.43 bits per heavy atom. The molecule has 0 bridgehead atoms. The first-order valence-electron chi connectivity index (χ1n) is 8.10. The fourth-order valence-electron chi connectivity index (χ4n) is 3.11. The minimum absolute atomic E-state index is 0.0280. The van der Waals surface area contributed by atoms with Crippen LogP contribution in [0.5, 0.6) is 0 Å². The number of aromatic nitrogens is 2. The average Bonchev–Trinajstić information content (AvgIpc) is 2.47. The molecule has 1 aromatic rings. The summed E-state index contributed by atoms with van der Waals surface area (Å²) >= 11 is 1.74. The van der Waals surface area contributed by atoms with Crippen molar-refractivity contribution in [1.29, 1.82) is 0 Å². The zero-order valence-electron chi connectivity index (χ0n) is 13.3. The highest BCUT2D eigenvalue weighted by Gasteiger charge is 2.30. The summed E-state index contributed by atoms with van der Waals surface area (Å²) in [7, 11) is 2.04. The molecule has 0 spiro atoms. The van der Waals surface area contributed by atoms with Gasteiger partial charge in [0.05, 0.1) is 0 Å². The van der Waals surface area contributed by atoms with Gasteiger partial charge in [-0.2, -0.15) is 0 Å². The summed E-state index contributed by atoms with van der Waals surface area (Å²) in [5.41, 5.74) is 0.882. The van der Waals surface area contributed by atoms with E-state index >= 15 is 0 Å². The van der Waals surface area contributed by atoms with Crippen molar-refractivity contribution in [2.24, 2.45) is 5.92 Å². The molecule has 2 N–H and O–H groups in total. The van der Waals surface area contributed by atoms with E-state index in [1.165, 1.54) is 25.7 Å². The van der Waals surface area contributed by atoms with Crippen LogP contribution in [0.1, 0.15) is 51.6 Å². The molecule has 2 rings (SSSR count). The first-order valence-corrected chi connectivity index (χ1v) is 8.98. The second-order valence-corrected chi connectivity index (χ2v) is 7.16. The third kappa shape index (κ3) is 4.58. The molecule has 0 aromatic carbocycles. The van der Waals surface area contributed by atoms with Gasteiger partial charge in [-0.15, -0.1) is 0 Å². The standard InChI is InChI=1S/C16H27N3OS/c1-4-6-12-10-15(20)19-16(18-12)21-14-9-11(5-2)7-8-13(14)17-3/h10-11,13-14,17H,4-9H2,1-3H3,(H,18,19,20). The summed E-state index contributed by atoms with van der Waals surface area (Å²) in [5, 5.41) is 4.71. The Balaban J connectivity index is 2.12. The number of aromatic amines is 1. The quantitative estimate of drug-likeness (QED) is 0.793. The van der Waals surface area contributed by atoms with Gasteiger partial charge in [0, 0.05) is 23.1 Å². The van der Waals surface area contributed by atoms with Crippen LogP contribution in [0.3, 0.4) is 0 Å². The van der Waals surface area contributed by atoms with E-state index < -0.39 is 0 Å². The van der Waals surface area contributed by atoms with Crippen molar-refractivity contribution in [3.8, 4) is 0 Å². The lowest BCUT2D eigenvalue weighted by atomic mass is 9.84. The molecule has 3 unspecified atom stereocenters. The lowest BCUT2D eigenvalue weighted by Crippen LogP contribution is -2.40. The first kappa shape index (κ1) is 16.6. The maximum Gasteiger partial charge on any atom is 0.251 e. The van der Waals surface area contributed by atoms with Crippen LogP contribution in [-0.4, -0.2) is 28.3 Å². The van der Waals surface area contributed by atoms with Gasteiger partial charge >= 0.3 is 0 Å². The van der Waals surface area contributed by atoms with Crippen LogP contribution in [0.25, 0.3) is 0 Å². The van der Waals surface area contributed by atoms with E-state index in [0.29, 0.717) is 11.3 Å². The van der Waals surface area contributed by atoms with Gasteiger partial charge in [0.25, 0.3) is 5.56 Å². The number of nitrogens with zero attached hydrogens (tertiary/aromatic N) is 1. The molecule has 21 heavy (non-hydrogen) atoms. The number of H-pyrrole nitrogens is 1. The monoisotopic (exact) mass is 309 g/mol. The average molecular weight is 309 g/mol. The molecule has 1 aliphatic rings. The van der Waals surface area contributed by atoms with E-state index in [1.807, 2.05) is 7.05 Å². The van der Waals surface area contributed by atoms with E-state index in [2.05, 4.69) is 29.1 Å². The van der Waals surface area contributed by atoms with Crippen LogP contribution in [-0.2, 0) is 6.42 Å². The second kappa shape index (κ2) is 7.99. The summed E-state index contributed by atoms with van der Waals surface area (Å²) in [6.07, 6.45) is 6.85. The zero-order chi connectivity index (χ0) is 15.2. The molecular formula is C16H27N3OS. The molecule has 3 atom stereocenters. The van der Waals surface area contributed by atoms with Crippen molar-refractivity contribution in [2.45, 2.75) is 68.8 Å². The van der Waals surface area contributed by atoms with Crippen LogP contribution < -0.4 is 10.9 Å². The predicted molar refractivity (Wildman–Crippen MR) is 89.0 cm³/mol. The fraction of sp³-hybridized carbons (Fsp3) is 0.750. The number of nitrogens with one attached hydrogen (secondary N) is 2. The highest BCUT2D eigenvalue weighted by atomic mass is 32.2. The van der Waals surface area contributed by atoms with E-state index in [-0.39, 0.29) is 5.56 Å². The van der Waals surface area contributed by atoms with Gasteiger partial charge in [-0.3, -0.25) is 4.79 Å². The maximum atomic E-state index is 11.8. The maximum absolute atomic E-state index is 11.8. The largest absolute Gasteiger partial charge is 0.316 e. The second-order valence-electron chi connectivity index (χ2n) is 5.93. The van der Waals surface area contributed by atoms with E-state index in [4.69, 9.17) is 0 Å². The molecule has 0 radical (unpaired) electrons. The van der Waals surface area contributed by atoms with Crippen LogP contribution in [0.4, 0.5) is 0 Å². The van der Waals surface area contributed by atoms with Gasteiger partial charge in [0.1, 0.15) is 0 Å². The van der Waals surface area contributed by atoms with Crippen molar-refractivity contribution in [1.82, 2.24) is 15.3 Å². The molecule has 1 aliphatic carbocycles. The molecular weight excluding hydrogens is 282 g/mol. The van der Waals surface area contributed by atoms with Crippen molar-refractivity contribution in [3.05, 3.63) is 22.1 Å². The summed E-state index contributed by atoms with van der Waals surface area (Å²) in [5.74, 6) is 0.803. The molecule has 0 aliphatic heterocycles. The van der Waals surface area contributed by atoms with Gasteiger partial charge in [-0.05, 0) is 38.6 Å². The summed E-state index contributed by atoms with van der Waals surface area (Å²) in [6, 6.07) is 2.14. The van der Waals surface area contributed by atoms with Crippen LogP contribution in [0, 0.1) is 5.92 Å². The normalized spacial score (nSPS) is 26.0. The van der Waals surface area contributed by atoms with Gasteiger partial charge in [0.2, 0.25) is 0 Å². The SMILES string of the molecule is CCCc1cc(=O)[nH]c(SC2CC(CC)CCC2NC)n1. The van der Waals surface area contributed by atoms with Gasteiger partial charge in [-0.25, -0.2) is 4.98 Å². The molecule has 0 amide bonds. The van der Waals surface area contributed by atoms with Crippen molar-refractivity contribution >= 4 is 11.8 Å². The number of thioether (sulfide) groups is 1. The van der Waals surface area contributed by atoms with Crippen molar-refractivity contribution < 1.29 is 0 Å². The molecule has 4 nitrogen and oxygen atoms in total. The summed E-state index contributed by atoms with van der Waals surface area (Å²) in [4.78, 5) is 19.3. The number of hydrogen-bond acceptors (Lipinski definition) is 4. The first-order chi connectivity index (χ1) is 10.2. The Kier molecular flexibility index (Phi) is 6.30. The van der Waals surface area contributed by atoms with E-state index in [0.717, 1.165) is 29.6 Å². The Morgan fingerprint density at radius 2 is 2.24 bits per heavy atom. The van der Waals surface area contributed by atoms with Crippen LogP contribution in [0.15, 0.2) is 16.0 Å². The highest BCUT2D eigenvalue weighted by molar-refractivity contribution is 7.99. The summed E-state index contributed by atoms with van der Waals surface area (Å²) in [6.45, 7) is 4.38. The van der Waals surface area contributed by atoms with Crippen molar-refractivity contribution in [2.75, 3.05) is 7.05 Å². The molecule has 1 saturated carbocycles. The van der Waals surface area contributed by atoms with Crippen LogP contribution in [0.2, 0.25) is 0 Å². The predicted octanol–water partition coefficient (Wildman–Crippen LogP) is 2.98. The Morgan fingerprint density at radius 3 is 2.90 bits per heavy atom. The highest BCUT2D eigenvalue weighted by Crippen LogP contribution is 2.36. The fourth-order valence-corrected chi connectivity index (χ4v) is 4.53. The smallest absolute Gasteiger partial charge is 0.251 e. The minimum atomic E-state index is -0.0280. The molecule has 118 valence electrons. The Bertz CT molecular complexity index is 503. The zero-order valence-corrected chi connectivity index (χ0v) is 14.1. The molecule has 1 aromatic heterocycles. The van der Waals surface area contributed by atoms with Gasteiger partial charge in [-0.1, -0.05) is 38.5 Å². The lowest BCUT2D eigenvalue weighted by molar-refractivity contribution is 0.304. The summed E-state index contributed by atoms with van der Waals surface area (Å²) < 4.78 is 0. The minimum Gasteiger partial charge on any atom is -0.316 e. The molecule has 1 heterocycles. The molecule has 5 heteroatoms. The van der Waals surface area contributed by atoms with Crippen molar-refractivity contribution in [3.63, 3.8) is 0 Å². The number of rotatable bonds is 6. The molecule has 0 saturated heterocycles. The van der Waals surface area contributed by atoms with E-state index in [1.54, 1.807) is 17.8 Å². The molecule has 1 fully saturated rings. The topological polar surface area (TPSA) is 57.8 Å². The van der Waals surface area contributed by atoms with E-state index in [9.17, 15) is 4.79 Å². The Hall–Kier alpha value is -0.810. The third-order valence-electron chi connectivity index (χ3n) is 4.39.